The molecule has 3 aromatic rings. The molecule has 1 fully saturated rings. The Morgan fingerprint density at radius 1 is 1.06 bits per heavy atom. The van der Waals surface area contributed by atoms with Crippen molar-refractivity contribution in [3.05, 3.63) is 58.5 Å². The molecule has 0 bridgehead atoms. The Bertz CT molecular complexity index is 1390. The maximum absolute atomic E-state index is 13.3. The molecule has 1 amide bonds. The summed E-state index contributed by atoms with van der Waals surface area (Å²) in [5, 5.41) is 7.86. The van der Waals surface area contributed by atoms with E-state index >= 15 is 0 Å². The molecule has 1 saturated heterocycles. The normalized spacial score (nSPS) is 14.9. The largest absolute Gasteiger partial charge is 0.495 e. The van der Waals surface area contributed by atoms with Gasteiger partial charge in [0.15, 0.2) is 5.69 Å². The lowest BCUT2D eigenvalue weighted by Crippen LogP contribution is -2.35. The Balaban J connectivity index is 1.75. The van der Waals surface area contributed by atoms with Crippen molar-refractivity contribution in [3.8, 4) is 5.75 Å². The van der Waals surface area contributed by atoms with E-state index in [9.17, 15) is 18.0 Å². The summed E-state index contributed by atoms with van der Waals surface area (Å²) in [5.74, 6) is -0.260. The molecule has 1 N–H and O–H groups in total. The number of piperidine rings is 1. The monoisotopic (exact) mass is 484 g/mol. The molecule has 0 atom stereocenters. The van der Waals surface area contributed by atoms with Crippen molar-refractivity contribution in [2.45, 2.75) is 44.0 Å². The van der Waals surface area contributed by atoms with Gasteiger partial charge in [0.05, 0.1) is 29.1 Å². The van der Waals surface area contributed by atoms with Gasteiger partial charge >= 0.3 is 0 Å². The van der Waals surface area contributed by atoms with Crippen LogP contribution in [0.4, 0.5) is 5.69 Å². The number of hydrogen-bond acceptors (Lipinski definition) is 6. The van der Waals surface area contributed by atoms with Gasteiger partial charge in [0.2, 0.25) is 10.0 Å². The number of carbonyl (C=O) groups is 1. The second-order valence-corrected chi connectivity index (χ2v) is 10.5. The fourth-order valence-electron chi connectivity index (χ4n) is 4.11. The van der Waals surface area contributed by atoms with E-state index in [0.717, 1.165) is 19.3 Å². The highest BCUT2D eigenvalue weighted by atomic mass is 32.2. The summed E-state index contributed by atoms with van der Waals surface area (Å²) in [4.78, 5) is 26.2. The summed E-state index contributed by atoms with van der Waals surface area (Å²) in [6, 6.07) is 10.9. The first-order chi connectivity index (χ1) is 16.2. The van der Waals surface area contributed by atoms with E-state index in [1.807, 2.05) is 13.8 Å². The van der Waals surface area contributed by atoms with Crippen LogP contribution in [0.25, 0.3) is 10.8 Å². The Morgan fingerprint density at radius 2 is 1.74 bits per heavy atom. The third kappa shape index (κ3) is 4.43. The molecule has 0 aliphatic carbocycles. The predicted octanol–water partition coefficient (Wildman–Crippen LogP) is 3.41. The van der Waals surface area contributed by atoms with Gasteiger partial charge in [-0.2, -0.15) is 9.40 Å². The van der Waals surface area contributed by atoms with Crippen molar-refractivity contribution in [1.82, 2.24) is 14.1 Å². The van der Waals surface area contributed by atoms with E-state index in [1.165, 1.54) is 34.3 Å². The number of nitrogens with zero attached hydrogens (tertiary/aromatic N) is 3. The molecule has 10 heteroatoms. The maximum atomic E-state index is 13.3. The van der Waals surface area contributed by atoms with Crippen molar-refractivity contribution in [2.75, 3.05) is 25.5 Å². The Kier molecular flexibility index (Phi) is 6.72. The smallest absolute Gasteiger partial charge is 0.276 e. The van der Waals surface area contributed by atoms with Crippen molar-refractivity contribution >= 4 is 32.4 Å². The SMILES string of the molecule is COc1ccc(S(=O)(=O)N2CCCCC2)cc1NC(=O)c1nn(C(C)C)c(=O)c2ccccc12. The number of carbonyl (C=O) groups excluding carboxylic acids is 1. The second-order valence-electron chi connectivity index (χ2n) is 8.52. The van der Waals surface area contributed by atoms with Crippen LogP contribution in [-0.4, -0.2) is 48.6 Å². The summed E-state index contributed by atoms with van der Waals surface area (Å²) in [7, 11) is -2.26. The first-order valence-corrected chi connectivity index (χ1v) is 12.7. The standard InChI is InChI=1S/C24H28N4O5S/c1-16(2)28-24(30)19-10-6-5-9-18(19)22(26-28)23(29)25-20-15-17(11-12-21(20)33-3)34(31,32)27-13-7-4-8-14-27/h5-6,9-12,15-16H,4,7-8,13-14H2,1-3H3,(H,25,29). The topological polar surface area (TPSA) is 111 Å². The van der Waals surface area contributed by atoms with Gasteiger partial charge in [-0.1, -0.05) is 24.6 Å². The lowest BCUT2D eigenvalue weighted by molar-refractivity contribution is 0.102. The molecule has 1 aliphatic heterocycles. The van der Waals surface area contributed by atoms with E-state index in [1.54, 1.807) is 24.3 Å². The number of anilines is 1. The summed E-state index contributed by atoms with van der Waals surface area (Å²) >= 11 is 0. The van der Waals surface area contributed by atoms with E-state index in [-0.39, 0.29) is 27.9 Å². The van der Waals surface area contributed by atoms with Gasteiger partial charge in [-0.05, 0) is 51.0 Å². The molecule has 1 aromatic heterocycles. The fourth-order valence-corrected chi connectivity index (χ4v) is 5.65. The summed E-state index contributed by atoms with van der Waals surface area (Å²) in [6.07, 6.45) is 2.65. The molecule has 4 rings (SSSR count). The Hall–Kier alpha value is -3.24. The molecule has 34 heavy (non-hydrogen) atoms. The van der Waals surface area contributed by atoms with Crippen molar-refractivity contribution in [2.24, 2.45) is 0 Å². The highest BCUT2D eigenvalue weighted by Gasteiger charge is 2.27. The first kappa shape index (κ1) is 23.9. The van der Waals surface area contributed by atoms with Gasteiger partial charge in [-0.3, -0.25) is 9.59 Å². The molecule has 0 unspecified atom stereocenters. The first-order valence-electron chi connectivity index (χ1n) is 11.2. The zero-order valence-corrected chi connectivity index (χ0v) is 20.3. The minimum absolute atomic E-state index is 0.0650. The number of ether oxygens (including phenoxy) is 1. The second kappa shape index (κ2) is 9.55. The summed E-state index contributed by atoms with van der Waals surface area (Å²) < 4.78 is 34.4. The Labute approximate surface area is 198 Å². The van der Waals surface area contributed by atoms with Crippen molar-refractivity contribution < 1.29 is 17.9 Å². The van der Waals surface area contributed by atoms with E-state index in [0.29, 0.717) is 29.6 Å². The van der Waals surface area contributed by atoms with Gasteiger partial charge in [-0.15, -0.1) is 0 Å². The highest BCUT2D eigenvalue weighted by molar-refractivity contribution is 7.89. The zero-order valence-electron chi connectivity index (χ0n) is 19.4. The van der Waals surface area contributed by atoms with E-state index < -0.39 is 15.9 Å². The molecule has 1 aliphatic rings. The van der Waals surface area contributed by atoms with Gasteiger partial charge in [0, 0.05) is 18.5 Å². The number of methoxy groups -OCH3 is 1. The summed E-state index contributed by atoms with van der Waals surface area (Å²) in [5.41, 5.74) is -0.0108. The third-order valence-electron chi connectivity index (χ3n) is 5.90. The van der Waals surface area contributed by atoms with Crippen molar-refractivity contribution in [1.29, 1.82) is 0 Å². The average Bonchev–Trinajstić information content (AvgIpc) is 2.84. The minimum atomic E-state index is -3.70. The van der Waals surface area contributed by atoms with Gasteiger partial charge < -0.3 is 10.1 Å². The van der Waals surface area contributed by atoms with Crippen LogP contribution in [-0.2, 0) is 10.0 Å². The average molecular weight is 485 g/mol. The molecule has 0 radical (unpaired) electrons. The summed E-state index contributed by atoms with van der Waals surface area (Å²) in [6.45, 7) is 4.57. The number of amides is 1. The van der Waals surface area contributed by atoms with E-state index in [2.05, 4.69) is 10.4 Å². The molecule has 2 heterocycles. The highest BCUT2D eigenvalue weighted by Crippen LogP contribution is 2.30. The van der Waals surface area contributed by atoms with Crippen LogP contribution >= 0.6 is 0 Å². The molecule has 9 nitrogen and oxygen atoms in total. The quantitative estimate of drug-likeness (QED) is 0.574. The molecule has 0 spiro atoms. The number of fused-ring (bicyclic) bond motifs is 1. The number of hydrogen-bond donors (Lipinski definition) is 1. The lowest BCUT2D eigenvalue weighted by atomic mass is 10.1. The van der Waals surface area contributed by atoms with Gasteiger partial charge in [0.1, 0.15) is 5.75 Å². The Morgan fingerprint density at radius 3 is 2.38 bits per heavy atom. The van der Waals surface area contributed by atoms with Crippen LogP contribution in [0.3, 0.4) is 0 Å². The number of rotatable bonds is 6. The fraction of sp³-hybridized carbons (Fsp3) is 0.375. The van der Waals surface area contributed by atoms with Gasteiger partial charge in [0.25, 0.3) is 11.5 Å². The molecule has 180 valence electrons. The van der Waals surface area contributed by atoms with Crippen LogP contribution in [0.15, 0.2) is 52.2 Å². The number of sulfonamides is 1. The zero-order chi connectivity index (χ0) is 24.5. The van der Waals surface area contributed by atoms with Crippen LogP contribution in [0, 0.1) is 0 Å². The predicted molar refractivity (Wildman–Crippen MR) is 130 cm³/mol. The van der Waals surface area contributed by atoms with Crippen LogP contribution < -0.4 is 15.6 Å². The number of nitrogens with one attached hydrogen (secondary N) is 1. The van der Waals surface area contributed by atoms with Crippen molar-refractivity contribution in [3.63, 3.8) is 0 Å². The van der Waals surface area contributed by atoms with Crippen LogP contribution in [0.5, 0.6) is 5.75 Å². The van der Waals surface area contributed by atoms with E-state index in [4.69, 9.17) is 4.74 Å². The van der Waals surface area contributed by atoms with Crippen LogP contribution in [0.2, 0.25) is 0 Å². The van der Waals surface area contributed by atoms with Gasteiger partial charge in [-0.25, -0.2) is 13.1 Å². The molecular formula is C24H28N4O5S. The minimum Gasteiger partial charge on any atom is -0.495 e. The van der Waals surface area contributed by atoms with Crippen LogP contribution in [0.1, 0.15) is 49.6 Å². The maximum Gasteiger partial charge on any atom is 0.276 e. The third-order valence-corrected chi connectivity index (χ3v) is 7.80. The number of aromatic nitrogens is 2. The molecule has 2 aromatic carbocycles. The molecule has 0 saturated carbocycles. The lowest BCUT2D eigenvalue weighted by Gasteiger charge is -2.26. The number of benzene rings is 2. The molecular weight excluding hydrogens is 456 g/mol.